The number of carbonyl (C=O) groups excluding carboxylic acids is 1. The zero-order valence-electron chi connectivity index (χ0n) is 19.8. The Balaban J connectivity index is 1.25. The number of nitrogens with one attached hydrogen (secondary N) is 3. The van der Waals surface area contributed by atoms with Crippen molar-refractivity contribution in [2.75, 3.05) is 5.32 Å². The van der Waals surface area contributed by atoms with E-state index in [-0.39, 0.29) is 5.91 Å². The van der Waals surface area contributed by atoms with Gasteiger partial charge in [0.1, 0.15) is 11.2 Å². The molecule has 0 fully saturated rings. The number of nitrogens with zero attached hydrogens (tertiary/aromatic N) is 4. The molecule has 6 aromatic heterocycles. The monoisotopic (exact) mass is 497 g/mol. The normalized spacial score (nSPS) is 11.3. The summed E-state index contributed by atoms with van der Waals surface area (Å²) in [5.74, 6) is -0.201. The molecule has 0 aliphatic carbocycles. The lowest BCUT2D eigenvalue weighted by Gasteiger charge is -2.07. The molecule has 1 amide bonds. The minimum atomic E-state index is -0.201. The van der Waals surface area contributed by atoms with Crippen molar-refractivity contribution in [1.82, 2.24) is 30.1 Å². The summed E-state index contributed by atoms with van der Waals surface area (Å²) >= 11 is 0. The molecule has 0 spiro atoms. The Morgan fingerprint density at radius 3 is 2.63 bits per heavy atom. The number of furan rings is 1. The van der Waals surface area contributed by atoms with Gasteiger partial charge in [0, 0.05) is 40.0 Å². The van der Waals surface area contributed by atoms with E-state index in [1.165, 1.54) is 0 Å². The lowest BCUT2D eigenvalue weighted by atomic mass is 10.1. The first-order valence-corrected chi connectivity index (χ1v) is 11.9. The first-order chi connectivity index (χ1) is 18.7. The molecule has 38 heavy (non-hydrogen) atoms. The number of pyridine rings is 3. The van der Waals surface area contributed by atoms with Crippen LogP contribution in [0.1, 0.15) is 10.4 Å². The van der Waals surface area contributed by atoms with Crippen molar-refractivity contribution >= 4 is 33.5 Å². The Hall–Kier alpha value is -5.57. The lowest BCUT2D eigenvalue weighted by Crippen LogP contribution is -2.11. The molecule has 9 heteroatoms. The molecule has 0 saturated carbocycles. The van der Waals surface area contributed by atoms with Crippen LogP contribution in [-0.4, -0.2) is 36.0 Å². The van der Waals surface area contributed by atoms with Crippen LogP contribution in [0.25, 0.3) is 55.7 Å². The Labute approximate surface area is 215 Å². The number of aromatic amines is 2. The number of benzene rings is 1. The number of amides is 1. The van der Waals surface area contributed by atoms with Crippen LogP contribution in [0, 0.1) is 0 Å². The third kappa shape index (κ3) is 3.79. The maximum absolute atomic E-state index is 12.6. The third-order valence-electron chi connectivity index (χ3n) is 6.37. The molecule has 182 valence electrons. The number of rotatable bonds is 5. The van der Waals surface area contributed by atoms with Gasteiger partial charge in [0.05, 0.1) is 53.0 Å². The standard InChI is InChI=1S/C29H19N7O2/c37-29(17-4-2-1-3-5-17)32-20-10-19(12-30-13-20)23-6-7-24-27(34-23)28(36-35-24)25-11-21-22(18-8-9-38-16-18)14-31-15-26(21)33-25/h1-16,33H,(H,32,37)(H,35,36). The quantitative estimate of drug-likeness (QED) is 0.265. The smallest absolute Gasteiger partial charge is 0.255 e. The fourth-order valence-corrected chi connectivity index (χ4v) is 4.52. The summed E-state index contributed by atoms with van der Waals surface area (Å²) in [7, 11) is 0. The summed E-state index contributed by atoms with van der Waals surface area (Å²) in [4.78, 5) is 29.6. The van der Waals surface area contributed by atoms with Gasteiger partial charge in [-0.25, -0.2) is 4.98 Å². The summed E-state index contributed by atoms with van der Waals surface area (Å²) in [6, 6.07) is 18.7. The highest BCUT2D eigenvalue weighted by Gasteiger charge is 2.16. The van der Waals surface area contributed by atoms with Crippen LogP contribution < -0.4 is 5.32 Å². The Bertz CT molecular complexity index is 1920. The van der Waals surface area contributed by atoms with Gasteiger partial charge in [-0.3, -0.25) is 19.9 Å². The molecule has 0 aliphatic heterocycles. The summed E-state index contributed by atoms with van der Waals surface area (Å²) in [6.45, 7) is 0. The van der Waals surface area contributed by atoms with Crippen molar-refractivity contribution < 1.29 is 9.21 Å². The van der Waals surface area contributed by atoms with E-state index in [4.69, 9.17) is 9.40 Å². The second-order valence-electron chi connectivity index (χ2n) is 8.79. The molecular formula is C29H19N7O2. The number of hydrogen-bond donors (Lipinski definition) is 3. The van der Waals surface area contributed by atoms with Crippen molar-refractivity contribution in [2.24, 2.45) is 0 Å². The van der Waals surface area contributed by atoms with Crippen molar-refractivity contribution in [3.8, 4) is 33.8 Å². The van der Waals surface area contributed by atoms with Gasteiger partial charge in [0.15, 0.2) is 0 Å². The largest absolute Gasteiger partial charge is 0.472 e. The van der Waals surface area contributed by atoms with Gasteiger partial charge >= 0.3 is 0 Å². The summed E-state index contributed by atoms with van der Waals surface area (Å²) in [6.07, 6.45) is 10.3. The average molecular weight is 498 g/mol. The van der Waals surface area contributed by atoms with Gasteiger partial charge in [0.25, 0.3) is 5.91 Å². The predicted molar refractivity (Wildman–Crippen MR) is 144 cm³/mol. The first-order valence-electron chi connectivity index (χ1n) is 11.9. The van der Waals surface area contributed by atoms with Crippen LogP contribution in [-0.2, 0) is 0 Å². The summed E-state index contributed by atoms with van der Waals surface area (Å²) < 4.78 is 5.27. The minimum Gasteiger partial charge on any atom is -0.472 e. The molecule has 6 heterocycles. The molecular weight excluding hydrogens is 478 g/mol. The molecule has 7 rings (SSSR count). The van der Waals surface area contributed by atoms with Gasteiger partial charge in [-0.15, -0.1) is 0 Å². The van der Waals surface area contributed by atoms with E-state index in [0.717, 1.165) is 38.8 Å². The highest BCUT2D eigenvalue weighted by atomic mass is 16.3. The topological polar surface area (TPSA) is 125 Å². The van der Waals surface area contributed by atoms with Gasteiger partial charge in [-0.1, -0.05) is 18.2 Å². The van der Waals surface area contributed by atoms with Gasteiger partial charge in [0.2, 0.25) is 0 Å². The molecule has 1 aromatic carbocycles. The van der Waals surface area contributed by atoms with E-state index in [1.54, 1.807) is 43.2 Å². The van der Waals surface area contributed by atoms with Crippen molar-refractivity contribution in [3.05, 3.63) is 104 Å². The SMILES string of the molecule is O=C(Nc1cncc(-c2ccc3[nH]nc(-c4cc5c(-c6ccoc6)cncc5[nH]4)c3n2)c1)c1ccccc1. The number of hydrogen-bond acceptors (Lipinski definition) is 6. The van der Waals surface area contributed by atoms with E-state index in [1.807, 2.05) is 54.7 Å². The zero-order chi connectivity index (χ0) is 25.5. The predicted octanol–water partition coefficient (Wildman–Crippen LogP) is 6.08. The molecule has 0 aliphatic rings. The highest BCUT2D eigenvalue weighted by molar-refractivity contribution is 6.04. The second kappa shape index (κ2) is 8.82. The molecule has 3 N–H and O–H groups in total. The fourth-order valence-electron chi connectivity index (χ4n) is 4.52. The maximum atomic E-state index is 12.6. The molecule has 9 nitrogen and oxygen atoms in total. The molecule has 0 radical (unpaired) electrons. The maximum Gasteiger partial charge on any atom is 0.255 e. The fraction of sp³-hybridized carbons (Fsp3) is 0. The Morgan fingerprint density at radius 1 is 0.868 bits per heavy atom. The summed E-state index contributed by atoms with van der Waals surface area (Å²) in [5.41, 5.74) is 8.47. The first kappa shape index (κ1) is 21.7. The number of carbonyl (C=O) groups is 1. The van der Waals surface area contributed by atoms with Crippen LogP contribution >= 0.6 is 0 Å². The number of aromatic nitrogens is 6. The Morgan fingerprint density at radius 2 is 1.76 bits per heavy atom. The number of anilines is 1. The van der Waals surface area contributed by atoms with Crippen LogP contribution in [0.15, 0.2) is 102 Å². The van der Waals surface area contributed by atoms with E-state index < -0.39 is 0 Å². The lowest BCUT2D eigenvalue weighted by molar-refractivity contribution is 0.102. The van der Waals surface area contributed by atoms with Crippen LogP contribution in [0.3, 0.4) is 0 Å². The molecule has 0 unspecified atom stereocenters. The third-order valence-corrected chi connectivity index (χ3v) is 6.37. The van der Waals surface area contributed by atoms with E-state index in [9.17, 15) is 4.79 Å². The van der Waals surface area contributed by atoms with Crippen molar-refractivity contribution in [3.63, 3.8) is 0 Å². The van der Waals surface area contributed by atoms with Crippen LogP contribution in [0.5, 0.6) is 0 Å². The second-order valence-corrected chi connectivity index (χ2v) is 8.79. The zero-order valence-corrected chi connectivity index (χ0v) is 19.8. The molecule has 0 bridgehead atoms. The molecule has 0 atom stereocenters. The molecule has 0 saturated heterocycles. The van der Waals surface area contributed by atoms with Crippen LogP contribution in [0.2, 0.25) is 0 Å². The Kier molecular flexibility index (Phi) is 5.04. The number of fused-ring (bicyclic) bond motifs is 2. The van der Waals surface area contributed by atoms with Gasteiger partial charge in [-0.05, 0) is 42.5 Å². The van der Waals surface area contributed by atoms with E-state index in [0.29, 0.717) is 28.2 Å². The van der Waals surface area contributed by atoms with Crippen LogP contribution in [0.4, 0.5) is 5.69 Å². The van der Waals surface area contributed by atoms with Crippen molar-refractivity contribution in [1.29, 1.82) is 0 Å². The average Bonchev–Trinajstić information content (AvgIpc) is 3.73. The summed E-state index contributed by atoms with van der Waals surface area (Å²) in [5, 5.41) is 11.5. The van der Waals surface area contributed by atoms with Gasteiger partial charge in [-0.2, -0.15) is 5.10 Å². The van der Waals surface area contributed by atoms with Crippen molar-refractivity contribution in [2.45, 2.75) is 0 Å². The highest BCUT2D eigenvalue weighted by Crippen LogP contribution is 2.34. The van der Waals surface area contributed by atoms with E-state index in [2.05, 4.69) is 30.5 Å². The van der Waals surface area contributed by atoms with Gasteiger partial charge < -0.3 is 14.7 Å². The minimum absolute atomic E-state index is 0.201. The number of H-pyrrole nitrogens is 2. The molecule has 7 aromatic rings. The van der Waals surface area contributed by atoms with E-state index >= 15 is 0 Å².